The van der Waals surface area contributed by atoms with Gasteiger partial charge >= 0.3 is 0 Å². The molecule has 1 aliphatic rings. The largest absolute Gasteiger partial charge is 0.335 e. The zero-order valence-electron chi connectivity index (χ0n) is 19.6. The number of aromatic nitrogens is 6. The molecule has 0 fully saturated rings. The minimum atomic E-state index is -3.73. The number of aromatic amines is 1. The van der Waals surface area contributed by atoms with Gasteiger partial charge in [0.25, 0.3) is 10.0 Å². The molecule has 0 saturated heterocycles. The van der Waals surface area contributed by atoms with Crippen LogP contribution in [-0.4, -0.2) is 45.2 Å². The van der Waals surface area contributed by atoms with Gasteiger partial charge in [0.1, 0.15) is 29.0 Å². The lowest BCUT2D eigenvalue weighted by Gasteiger charge is -2.26. The molecule has 0 spiro atoms. The molecule has 9 nitrogen and oxygen atoms in total. The van der Waals surface area contributed by atoms with Crippen molar-refractivity contribution in [3.05, 3.63) is 91.4 Å². The first kappa shape index (κ1) is 21.5. The summed E-state index contributed by atoms with van der Waals surface area (Å²) in [6.45, 7) is 0. The summed E-state index contributed by atoms with van der Waals surface area (Å²) < 4.78 is 30.0. The van der Waals surface area contributed by atoms with Gasteiger partial charge in [-0.25, -0.2) is 28.1 Å². The lowest BCUT2D eigenvalue weighted by atomic mass is 10.1. The van der Waals surface area contributed by atoms with Gasteiger partial charge in [-0.3, -0.25) is 4.31 Å². The van der Waals surface area contributed by atoms with Gasteiger partial charge in [0.05, 0.1) is 22.5 Å². The second kappa shape index (κ2) is 7.84. The number of sulfonamides is 1. The lowest BCUT2D eigenvalue weighted by Crippen LogP contribution is -2.30. The van der Waals surface area contributed by atoms with Gasteiger partial charge in [-0.15, -0.1) is 0 Å². The van der Waals surface area contributed by atoms with E-state index < -0.39 is 10.0 Å². The van der Waals surface area contributed by atoms with Gasteiger partial charge in [-0.1, -0.05) is 48.5 Å². The molecule has 3 aromatic carbocycles. The molecule has 1 N–H and O–H groups in total. The predicted octanol–water partition coefficient (Wildman–Crippen LogP) is 4.68. The topological polar surface area (TPSA) is 110 Å². The molecule has 0 unspecified atom stereocenters. The third-order valence-corrected chi connectivity index (χ3v) is 8.37. The molecule has 6 aromatic rings. The van der Waals surface area contributed by atoms with Crippen LogP contribution in [0.5, 0.6) is 0 Å². The molecule has 0 amide bonds. The molecule has 0 aliphatic carbocycles. The van der Waals surface area contributed by atoms with Crippen molar-refractivity contribution in [1.29, 1.82) is 0 Å². The smallest absolute Gasteiger partial charge is 0.264 e. The molecule has 37 heavy (non-hydrogen) atoms. The van der Waals surface area contributed by atoms with Crippen LogP contribution in [0.4, 0.5) is 5.69 Å². The minimum Gasteiger partial charge on any atom is -0.335 e. The van der Waals surface area contributed by atoms with Gasteiger partial charge in [-0.2, -0.15) is 5.10 Å². The summed E-state index contributed by atoms with van der Waals surface area (Å²) in [6, 6.07) is 24.5. The van der Waals surface area contributed by atoms with Crippen LogP contribution < -0.4 is 4.31 Å². The van der Waals surface area contributed by atoms with Gasteiger partial charge in [0, 0.05) is 23.7 Å². The SMILES string of the molecule is CN1c2c(nn(-c3ccc(-c4nc5ncncc5[nH]4)cc3)c2-c2ccccc2)-c2ccccc2S1(=O)=O. The fourth-order valence-corrected chi connectivity index (χ4v) is 6.15. The quantitative estimate of drug-likeness (QED) is 0.374. The Morgan fingerprint density at radius 2 is 1.62 bits per heavy atom. The Bertz CT molecular complexity index is 1880. The van der Waals surface area contributed by atoms with Crippen molar-refractivity contribution in [3.8, 4) is 39.6 Å². The molecule has 7 rings (SSSR count). The maximum absolute atomic E-state index is 13.4. The van der Waals surface area contributed by atoms with E-state index in [-0.39, 0.29) is 4.90 Å². The number of imidazole rings is 1. The Morgan fingerprint density at radius 3 is 2.41 bits per heavy atom. The Balaban J connectivity index is 1.43. The van der Waals surface area contributed by atoms with E-state index in [2.05, 4.69) is 19.9 Å². The van der Waals surface area contributed by atoms with E-state index in [0.717, 1.165) is 22.3 Å². The highest BCUT2D eigenvalue weighted by molar-refractivity contribution is 7.93. The Kier molecular flexibility index (Phi) is 4.54. The number of H-pyrrole nitrogens is 1. The molecule has 0 bridgehead atoms. The molecular weight excluding hydrogens is 486 g/mol. The van der Waals surface area contributed by atoms with E-state index >= 15 is 0 Å². The normalized spacial score (nSPS) is 13.9. The number of fused-ring (bicyclic) bond motifs is 4. The van der Waals surface area contributed by atoms with Crippen LogP contribution in [0.3, 0.4) is 0 Å². The second-order valence-corrected chi connectivity index (χ2v) is 10.6. The fraction of sp³-hybridized carbons (Fsp3) is 0.0370. The van der Waals surface area contributed by atoms with Crippen molar-refractivity contribution < 1.29 is 8.42 Å². The number of nitrogens with zero attached hydrogens (tertiary/aromatic N) is 6. The summed E-state index contributed by atoms with van der Waals surface area (Å²) in [4.78, 5) is 16.3. The zero-order valence-corrected chi connectivity index (χ0v) is 20.4. The average Bonchev–Trinajstić information content (AvgIpc) is 3.55. The van der Waals surface area contributed by atoms with Crippen LogP contribution in [0.15, 0.2) is 96.3 Å². The van der Waals surface area contributed by atoms with Crippen molar-refractivity contribution >= 4 is 26.9 Å². The van der Waals surface area contributed by atoms with Gasteiger partial charge in [0.15, 0.2) is 5.65 Å². The maximum atomic E-state index is 13.4. The van der Waals surface area contributed by atoms with E-state index in [1.54, 1.807) is 31.4 Å². The number of hydrogen-bond donors (Lipinski definition) is 1. The van der Waals surface area contributed by atoms with Crippen molar-refractivity contribution in [2.45, 2.75) is 4.90 Å². The van der Waals surface area contributed by atoms with Crippen LogP contribution in [-0.2, 0) is 10.0 Å². The molecule has 4 heterocycles. The molecule has 1 aliphatic heterocycles. The van der Waals surface area contributed by atoms with E-state index in [1.165, 1.54) is 10.6 Å². The number of benzene rings is 3. The fourth-order valence-electron chi connectivity index (χ4n) is 4.75. The monoisotopic (exact) mass is 505 g/mol. The summed E-state index contributed by atoms with van der Waals surface area (Å²) in [5.41, 5.74) is 6.34. The van der Waals surface area contributed by atoms with Gasteiger partial charge in [0.2, 0.25) is 0 Å². The molecule has 10 heteroatoms. The Labute approximate surface area is 212 Å². The first-order valence-corrected chi connectivity index (χ1v) is 13.0. The molecular formula is C27H19N7O2S. The lowest BCUT2D eigenvalue weighted by molar-refractivity contribution is 0.594. The minimum absolute atomic E-state index is 0.248. The van der Waals surface area contributed by atoms with E-state index in [1.807, 2.05) is 65.3 Å². The first-order valence-electron chi connectivity index (χ1n) is 11.6. The summed E-state index contributed by atoms with van der Waals surface area (Å²) >= 11 is 0. The van der Waals surface area contributed by atoms with E-state index in [0.29, 0.717) is 34.1 Å². The highest BCUT2D eigenvalue weighted by Gasteiger charge is 2.38. The van der Waals surface area contributed by atoms with Crippen LogP contribution in [0.1, 0.15) is 0 Å². The molecule has 0 atom stereocenters. The Morgan fingerprint density at radius 1 is 0.865 bits per heavy atom. The summed E-state index contributed by atoms with van der Waals surface area (Å²) in [6.07, 6.45) is 3.16. The van der Waals surface area contributed by atoms with E-state index in [4.69, 9.17) is 5.10 Å². The average molecular weight is 506 g/mol. The highest BCUT2D eigenvalue weighted by Crippen LogP contribution is 2.47. The van der Waals surface area contributed by atoms with Gasteiger partial charge < -0.3 is 4.98 Å². The van der Waals surface area contributed by atoms with Crippen molar-refractivity contribution in [2.75, 3.05) is 11.4 Å². The summed E-state index contributed by atoms with van der Waals surface area (Å²) in [5, 5.41) is 4.96. The molecule has 0 saturated carbocycles. The molecule has 0 radical (unpaired) electrons. The van der Waals surface area contributed by atoms with Crippen molar-refractivity contribution in [3.63, 3.8) is 0 Å². The molecule has 180 valence electrons. The van der Waals surface area contributed by atoms with Crippen LogP contribution in [0.25, 0.3) is 50.8 Å². The van der Waals surface area contributed by atoms with Crippen molar-refractivity contribution in [2.24, 2.45) is 0 Å². The highest BCUT2D eigenvalue weighted by atomic mass is 32.2. The maximum Gasteiger partial charge on any atom is 0.264 e. The summed E-state index contributed by atoms with van der Waals surface area (Å²) in [7, 11) is -2.15. The second-order valence-electron chi connectivity index (χ2n) is 8.68. The van der Waals surface area contributed by atoms with Crippen molar-refractivity contribution in [1.82, 2.24) is 29.7 Å². The first-order chi connectivity index (χ1) is 18.0. The zero-order chi connectivity index (χ0) is 25.1. The van der Waals surface area contributed by atoms with Crippen LogP contribution in [0, 0.1) is 0 Å². The number of hydrogen-bond acceptors (Lipinski definition) is 6. The Hall–Kier alpha value is -4.83. The number of anilines is 1. The predicted molar refractivity (Wildman–Crippen MR) is 141 cm³/mol. The van der Waals surface area contributed by atoms with E-state index in [9.17, 15) is 8.42 Å². The summed E-state index contributed by atoms with van der Waals surface area (Å²) in [5.74, 6) is 0.685. The van der Waals surface area contributed by atoms with Gasteiger partial charge in [-0.05, 0) is 30.3 Å². The number of nitrogens with one attached hydrogen (secondary N) is 1. The van der Waals surface area contributed by atoms with Crippen LogP contribution in [0.2, 0.25) is 0 Å². The third kappa shape index (κ3) is 3.19. The van der Waals surface area contributed by atoms with Crippen LogP contribution >= 0.6 is 0 Å². The standard InChI is InChI=1S/C27H19N7O2S/c1-33-25-23(20-9-5-6-10-22(20)37(33,35)36)32-34(24(25)17-7-3-2-4-8-17)19-13-11-18(12-14-19)26-30-21-15-28-16-29-27(21)31-26/h2-16H,1H3,(H,28,29,30,31). The number of rotatable bonds is 3. The third-order valence-electron chi connectivity index (χ3n) is 6.55. The molecule has 3 aromatic heterocycles.